The molecule has 0 fully saturated rings. The molecule has 0 aliphatic rings. The Morgan fingerprint density at radius 1 is 0.727 bits per heavy atom. The average Bonchev–Trinajstić information content (AvgIpc) is 2.04. The molecule has 0 heterocycles. The van der Waals surface area contributed by atoms with Crippen LogP contribution in [-0.2, 0) is 0 Å². The molecule has 68 valence electrons. The van der Waals surface area contributed by atoms with E-state index >= 15 is 0 Å². The van der Waals surface area contributed by atoms with Crippen molar-refractivity contribution in [3.05, 3.63) is 0 Å². The van der Waals surface area contributed by atoms with Gasteiger partial charge in [-0.15, -0.1) is 0 Å². The molecule has 0 atom stereocenters. The average molecular weight is 175 g/mol. The molecule has 0 saturated heterocycles. The Balaban J connectivity index is 3.96. The third kappa shape index (κ3) is 3.56. The summed E-state index contributed by atoms with van der Waals surface area (Å²) in [6.07, 6.45) is 8.82. The summed E-state index contributed by atoms with van der Waals surface area (Å²) in [4.78, 5) is 0. The molecular formula is C10H24P+. The first-order valence-electron chi connectivity index (χ1n) is 5.09. The minimum Gasteiger partial charge on any atom is -0.0619 e. The van der Waals surface area contributed by atoms with Crippen molar-refractivity contribution >= 4 is 7.26 Å². The van der Waals surface area contributed by atoms with Crippen LogP contribution in [0, 0.1) is 0 Å². The van der Waals surface area contributed by atoms with E-state index in [0.717, 1.165) is 0 Å². The standard InChI is InChI=1S/C10H24P/c1-5-9-11(7-3,8-4)10-6-2/h5-10H2,1-4H3/q+1. The van der Waals surface area contributed by atoms with E-state index in [9.17, 15) is 0 Å². The molecule has 0 aliphatic carbocycles. The number of hydrogen-bond donors (Lipinski definition) is 0. The maximum Gasteiger partial charge on any atom is 0.0591 e. The normalized spacial score (nSPS) is 12.0. The van der Waals surface area contributed by atoms with Gasteiger partial charge in [-0.2, -0.15) is 0 Å². The zero-order chi connectivity index (χ0) is 8.74. The molecule has 0 amide bonds. The molecule has 0 radical (unpaired) electrons. The highest BCUT2D eigenvalue weighted by Crippen LogP contribution is 2.58. The Bertz CT molecular complexity index is 76.9. The fraction of sp³-hybridized carbons (Fsp3) is 1.00. The fourth-order valence-corrected chi connectivity index (χ4v) is 5.75. The Labute approximate surface area is 73.1 Å². The van der Waals surface area contributed by atoms with Crippen LogP contribution < -0.4 is 0 Å². The molecule has 0 spiro atoms. The van der Waals surface area contributed by atoms with E-state index in [1.807, 2.05) is 0 Å². The van der Waals surface area contributed by atoms with E-state index in [-0.39, 0.29) is 0 Å². The SMILES string of the molecule is CCC[P+](CC)(CC)CCC. The van der Waals surface area contributed by atoms with Crippen LogP contribution in [0.4, 0.5) is 0 Å². The quantitative estimate of drug-likeness (QED) is 0.538. The zero-order valence-electron chi connectivity index (χ0n) is 8.69. The zero-order valence-corrected chi connectivity index (χ0v) is 9.58. The van der Waals surface area contributed by atoms with Gasteiger partial charge in [-0.05, 0) is 26.7 Å². The summed E-state index contributed by atoms with van der Waals surface area (Å²) in [7, 11) is -0.458. The van der Waals surface area contributed by atoms with E-state index in [1.54, 1.807) is 0 Å². The van der Waals surface area contributed by atoms with E-state index in [2.05, 4.69) is 27.7 Å². The summed E-state index contributed by atoms with van der Waals surface area (Å²) in [6.45, 7) is 9.44. The summed E-state index contributed by atoms with van der Waals surface area (Å²) in [5.41, 5.74) is 0. The number of rotatable bonds is 6. The lowest BCUT2D eigenvalue weighted by molar-refractivity contribution is 1.02. The highest BCUT2D eigenvalue weighted by atomic mass is 31.2. The molecular weight excluding hydrogens is 151 g/mol. The summed E-state index contributed by atoms with van der Waals surface area (Å²) >= 11 is 0. The van der Waals surface area contributed by atoms with Gasteiger partial charge in [0.15, 0.2) is 0 Å². The molecule has 0 nitrogen and oxygen atoms in total. The van der Waals surface area contributed by atoms with Crippen LogP contribution >= 0.6 is 7.26 Å². The first-order valence-corrected chi connectivity index (χ1v) is 7.62. The van der Waals surface area contributed by atoms with Crippen LogP contribution in [0.3, 0.4) is 0 Å². The lowest BCUT2D eigenvalue weighted by atomic mass is 10.6. The predicted molar refractivity (Wildman–Crippen MR) is 58.3 cm³/mol. The van der Waals surface area contributed by atoms with Crippen LogP contribution in [0.5, 0.6) is 0 Å². The maximum absolute atomic E-state index is 2.39. The van der Waals surface area contributed by atoms with Crippen molar-refractivity contribution in [2.24, 2.45) is 0 Å². The summed E-state index contributed by atoms with van der Waals surface area (Å²) in [5, 5.41) is 0. The second kappa shape index (κ2) is 6.00. The van der Waals surface area contributed by atoms with Crippen LogP contribution in [0.2, 0.25) is 0 Å². The van der Waals surface area contributed by atoms with E-state index in [4.69, 9.17) is 0 Å². The van der Waals surface area contributed by atoms with Gasteiger partial charge in [-0.3, -0.25) is 0 Å². The predicted octanol–water partition coefficient (Wildman–Crippen LogP) is 3.86. The van der Waals surface area contributed by atoms with Crippen LogP contribution in [0.1, 0.15) is 40.5 Å². The molecule has 0 aromatic carbocycles. The van der Waals surface area contributed by atoms with Crippen molar-refractivity contribution < 1.29 is 0 Å². The van der Waals surface area contributed by atoms with Crippen molar-refractivity contribution in [1.29, 1.82) is 0 Å². The van der Waals surface area contributed by atoms with Crippen LogP contribution in [-0.4, -0.2) is 24.6 Å². The third-order valence-electron chi connectivity index (χ3n) is 2.74. The topological polar surface area (TPSA) is 0 Å². The highest BCUT2D eigenvalue weighted by molar-refractivity contribution is 7.75. The molecule has 0 saturated carbocycles. The van der Waals surface area contributed by atoms with E-state index in [1.165, 1.54) is 37.5 Å². The van der Waals surface area contributed by atoms with Crippen LogP contribution in [0.15, 0.2) is 0 Å². The molecule has 1 heteroatoms. The number of hydrogen-bond acceptors (Lipinski definition) is 0. The lowest BCUT2D eigenvalue weighted by Crippen LogP contribution is -2.07. The minimum absolute atomic E-state index is 0.458. The van der Waals surface area contributed by atoms with E-state index in [0.29, 0.717) is 0 Å². The van der Waals surface area contributed by atoms with Crippen molar-refractivity contribution in [3.8, 4) is 0 Å². The Hall–Kier alpha value is 0.430. The minimum atomic E-state index is -0.458. The van der Waals surface area contributed by atoms with Gasteiger partial charge in [-0.25, -0.2) is 0 Å². The van der Waals surface area contributed by atoms with Gasteiger partial charge in [0.1, 0.15) is 0 Å². The molecule has 0 bridgehead atoms. The van der Waals surface area contributed by atoms with Gasteiger partial charge in [0.2, 0.25) is 0 Å². The molecule has 11 heavy (non-hydrogen) atoms. The maximum atomic E-state index is 2.39. The van der Waals surface area contributed by atoms with Crippen molar-refractivity contribution in [1.82, 2.24) is 0 Å². The highest BCUT2D eigenvalue weighted by Gasteiger charge is 2.30. The van der Waals surface area contributed by atoms with E-state index < -0.39 is 7.26 Å². The molecule has 0 unspecified atom stereocenters. The second-order valence-electron chi connectivity index (χ2n) is 3.42. The molecule has 0 rings (SSSR count). The van der Waals surface area contributed by atoms with Crippen molar-refractivity contribution in [2.75, 3.05) is 24.6 Å². The first kappa shape index (κ1) is 11.4. The van der Waals surface area contributed by atoms with Gasteiger partial charge >= 0.3 is 0 Å². The van der Waals surface area contributed by atoms with Gasteiger partial charge in [-0.1, -0.05) is 13.8 Å². The summed E-state index contributed by atoms with van der Waals surface area (Å²) in [6, 6.07) is 0. The third-order valence-corrected chi connectivity index (χ3v) is 8.21. The van der Waals surface area contributed by atoms with Gasteiger partial charge in [0, 0.05) is 7.26 Å². The fourth-order valence-electron chi connectivity index (χ4n) is 1.92. The summed E-state index contributed by atoms with van der Waals surface area (Å²) in [5.74, 6) is 0. The molecule has 0 N–H and O–H groups in total. The molecule has 0 aromatic heterocycles. The van der Waals surface area contributed by atoms with Gasteiger partial charge in [0.25, 0.3) is 0 Å². The Kier molecular flexibility index (Phi) is 6.24. The molecule has 0 aromatic rings. The lowest BCUT2D eigenvalue weighted by Gasteiger charge is -2.23. The van der Waals surface area contributed by atoms with Crippen molar-refractivity contribution in [2.45, 2.75) is 40.5 Å². The molecule has 0 aliphatic heterocycles. The largest absolute Gasteiger partial charge is 0.0619 e. The monoisotopic (exact) mass is 175 g/mol. The van der Waals surface area contributed by atoms with Gasteiger partial charge in [0.05, 0.1) is 24.6 Å². The Morgan fingerprint density at radius 2 is 1.09 bits per heavy atom. The van der Waals surface area contributed by atoms with Crippen molar-refractivity contribution in [3.63, 3.8) is 0 Å². The Morgan fingerprint density at radius 3 is 1.27 bits per heavy atom. The van der Waals surface area contributed by atoms with Gasteiger partial charge < -0.3 is 0 Å². The smallest absolute Gasteiger partial charge is 0.0591 e. The van der Waals surface area contributed by atoms with Crippen LogP contribution in [0.25, 0.3) is 0 Å². The first-order chi connectivity index (χ1) is 5.24. The second-order valence-corrected chi connectivity index (χ2v) is 8.26. The summed E-state index contributed by atoms with van der Waals surface area (Å²) < 4.78 is 0.